The molecule has 2 aromatic rings. The van der Waals surface area contributed by atoms with Gasteiger partial charge >= 0.3 is 0 Å². The molecule has 0 bridgehead atoms. The number of nitrogens with zero attached hydrogens (tertiary/aromatic N) is 3. The van der Waals surface area contributed by atoms with E-state index in [1.165, 1.54) is 10.6 Å². The van der Waals surface area contributed by atoms with Crippen LogP contribution in [0.2, 0.25) is 0 Å². The lowest BCUT2D eigenvalue weighted by Gasteiger charge is -2.19. The summed E-state index contributed by atoms with van der Waals surface area (Å²) in [6.07, 6.45) is 4.30. The van der Waals surface area contributed by atoms with Gasteiger partial charge < -0.3 is 14.0 Å². The largest absolute Gasteiger partial charge is 0.315 e. The fourth-order valence-electron chi connectivity index (χ4n) is 4.00. The van der Waals surface area contributed by atoms with E-state index in [-0.39, 0.29) is 17.5 Å². The topological polar surface area (TPSA) is 47.2 Å². The minimum atomic E-state index is -0.784. The van der Waals surface area contributed by atoms with Crippen LogP contribution in [0.1, 0.15) is 56.7 Å². The molecule has 2 aromatic heterocycles. The highest BCUT2D eigenvalue weighted by Gasteiger charge is 2.21. The molecule has 164 valence electrons. The second kappa shape index (κ2) is 9.69. The number of likely N-dealkylation sites (tertiary alicyclic amines) is 1. The molecule has 1 saturated heterocycles. The molecule has 0 saturated carbocycles. The van der Waals surface area contributed by atoms with Crippen LogP contribution in [0.4, 0.5) is 8.78 Å². The molecule has 2 atom stereocenters. The summed E-state index contributed by atoms with van der Waals surface area (Å²) in [5, 5.41) is 0. The van der Waals surface area contributed by atoms with Crippen molar-refractivity contribution in [2.45, 2.75) is 64.7 Å². The zero-order valence-corrected chi connectivity index (χ0v) is 18.0. The van der Waals surface area contributed by atoms with Crippen LogP contribution in [0.3, 0.4) is 0 Å². The summed E-state index contributed by atoms with van der Waals surface area (Å²) in [7, 11) is 0. The van der Waals surface area contributed by atoms with Crippen molar-refractivity contribution in [3.63, 3.8) is 0 Å². The molecule has 30 heavy (non-hydrogen) atoms. The van der Waals surface area contributed by atoms with Crippen LogP contribution in [-0.2, 0) is 13.0 Å². The summed E-state index contributed by atoms with van der Waals surface area (Å²) in [6, 6.07) is 4.71. The maximum Gasteiger partial charge on any atom is 0.286 e. The van der Waals surface area contributed by atoms with E-state index in [4.69, 9.17) is 0 Å². The van der Waals surface area contributed by atoms with Gasteiger partial charge in [0.05, 0.1) is 0 Å². The number of halogens is 2. The van der Waals surface area contributed by atoms with Crippen LogP contribution in [0.5, 0.6) is 0 Å². The maximum atomic E-state index is 14.3. The summed E-state index contributed by atoms with van der Waals surface area (Å²) in [6.45, 7) is 8.04. The Hall–Kier alpha value is -2.28. The Kier molecular flexibility index (Phi) is 7.23. The summed E-state index contributed by atoms with van der Waals surface area (Å²) in [5.74, 6) is -0.637. The van der Waals surface area contributed by atoms with Crippen molar-refractivity contribution in [3.8, 4) is 0 Å². The number of alkyl halides is 1. The number of rotatable bonds is 8. The Morgan fingerprint density at radius 3 is 2.60 bits per heavy atom. The monoisotopic (exact) mass is 419 g/mol. The lowest BCUT2D eigenvalue weighted by atomic mass is 10.1. The van der Waals surface area contributed by atoms with Crippen molar-refractivity contribution in [1.29, 1.82) is 0 Å². The first kappa shape index (κ1) is 22.4. The molecule has 7 heteroatoms. The van der Waals surface area contributed by atoms with Gasteiger partial charge in [-0.3, -0.25) is 9.59 Å². The quantitative estimate of drug-likeness (QED) is 0.658. The molecule has 0 N–H and O–H groups in total. The van der Waals surface area contributed by atoms with Crippen LogP contribution < -0.4 is 11.1 Å². The third kappa shape index (κ3) is 5.25. The molecule has 1 fully saturated rings. The first-order chi connectivity index (χ1) is 14.3. The van der Waals surface area contributed by atoms with Crippen LogP contribution in [0, 0.1) is 5.82 Å². The molecule has 5 nitrogen and oxygen atoms in total. The Labute approximate surface area is 176 Å². The molecule has 3 rings (SSSR count). The van der Waals surface area contributed by atoms with Crippen LogP contribution >= 0.6 is 0 Å². The van der Waals surface area contributed by atoms with Gasteiger partial charge in [0.15, 0.2) is 5.82 Å². The van der Waals surface area contributed by atoms with E-state index in [0.29, 0.717) is 45.4 Å². The summed E-state index contributed by atoms with van der Waals surface area (Å²) >= 11 is 0. The summed E-state index contributed by atoms with van der Waals surface area (Å²) in [4.78, 5) is 26.9. The average molecular weight is 420 g/mol. The Bertz CT molecular complexity index is 983. The van der Waals surface area contributed by atoms with Gasteiger partial charge in [-0.05, 0) is 49.8 Å². The van der Waals surface area contributed by atoms with Gasteiger partial charge in [0.1, 0.15) is 6.17 Å². The molecule has 0 aromatic carbocycles. The van der Waals surface area contributed by atoms with Gasteiger partial charge in [-0.1, -0.05) is 19.9 Å². The van der Waals surface area contributed by atoms with E-state index in [0.717, 1.165) is 11.1 Å². The molecule has 0 aliphatic carbocycles. The highest BCUT2D eigenvalue weighted by Crippen LogP contribution is 2.15. The Morgan fingerprint density at radius 2 is 1.93 bits per heavy atom. The standard InChI is InChI=1S/C23H31F2N3O2/c1-16(2)20-5-4-9-27(22(20)29)12-6-17(3)28-14-18(13-21(25)23(28)30)7-10-26-11-8-19(24)15-26/h4-5,9,13-14,16-17,19H,6-8,10-12,15H2,1-3H3/t17?,19-/m1/s1. The number of hydrogen-bond donors (Lipinski definition) is 0. The van der Waals surface area contributed by atoms with E-state index in [1.54, 1.807) is 17.0 Å². The van der Waals surface area contributed by atoms with Gasteiger partial charge in [-0.25, -0.2) is 8.78 Å². The normalized spacial score (nSPS) is 18.3. The molecule has 1 unspecified atom stereocenters. The molecule has 0 radical (unpaired) electrons. The Balaban J connectivity index is 1.70. The van der Waals surface area contributed by atoms with E-state index in [2.05, 4.69) is 0 Å². The predicted molar refractivity (Wildman–Crippen MR) is 114 cm³/mol. The van der Waals surface area contributed by atoms with E-state index < -0.39 is 17.5 Å². The second-order valence-electron chi connectivity index (χ2n) is 8.60. The highest BCUT2D eigenvalue weighted by molar-refractivity contribution is 5.15. The molecule has 0 spiro atoms. The molecule has 3 heterocycles. The van der Waals surface area contributed by atoms with Crippen LogP contribution in [0.15, 0.2) is 40.2 Å². The molecule has 0 amide bonds. The minimum Gasteiger partial charge on any atom is -0.315 e. The fraction of sp³-hybridized carbons (Fsp3) is 0.565. The summed E-state index contributed by atoms with van der Waals surface area (Å²) < 4.78 is 30.7. The SMILES string of the molecule is CC(C)c1cccn(CCC(C)n2cc(CCN3CC[C@@H](F)C3)cc(F)c2=O)c1=O. The lowest BCUT2D eigenvalue weighted by Crippen LogP contribution is -2.29. The van der Waals surface area contributed by atoms with Gasteiger partial charge in [-0.2, -0.15) is 0 Å². The molecule has 1 aliphatic rings. The third-order valence-electron chi connectivity index (χ3n) is 5.92. The van der Waals surface area contributed by atoms with Crippen LogP contribution in [-0.4, -0.2) is 39.8 Å². The van der Waals surface area contributed by atoms with E-state index >= 15 is 0 Å². The zero-order valence-electron chi connectivity index (χ0n) is 18.0. The predicted octanol–water partition coefficient (Wildman–Crippen LogP) is 3.51. The highest BCUT2D eigenvalue weighted by atomic mass is 19.1. The van der Waals surface area contributed by atoms with Crippen molar-refractivity contribution < 1.29 is 8.78 Å². The maximum absolute atomic E-state index is 14.3. The summed E-state index contributed by atoms with van der Waals surface area (Å²) in [5.41, 5.74) is 0.802. The van der Waals surface area contributed by atoms with Crippen molar-refractivity contribution in [2.24, 2.45) is 0 Å². The third-order valence-corrected chi connectivity index (χ3v) is 5.92. The first-order valence-corrected chi connectivity index (χ1v) is 10.7. The molecular weight excluding hydrogens is 388 g/mol. The van der Waals surface area contributed by atoms with Crippen molar-refractivity contribution >= 4 is 0 Å². The number of aromatic nitrogens is 2. The van der Waals surface area contributed by atoms with Gasteiger partial charge in [0.2, 0.25) is 0 Å². The fourth-order valence-corrected chi connectivity index (χ4v) is 4.00. The van der Waals surface area contributed by atoms with Gasteiger partial charge in [0, 0.05) is 50.2 Å². The smallest absolute Gasteiger partial charge is 0.286 e. The molecular formula is C23H31F2N3O2. The van der Waals surface area contributed by atoms with E-state index in [9.17, 15) is 18.4 Å². The lowest BCUT2D eigenvalue weighted by molar-refractivity contribution is 0.290. The zero-order chi connectivity index (χ0) is 21.8. The number of hydrogen-bond acceptors (Lipinski definition) is 3. The first-order valence-electron chi connectivity index (χ1n) is 10.7. The van der Waals surface area contributed by atoms with Gasteiger partial charge in [0.25, 0.3) is 11.1 Å². The van der Waals surface area contributed by atoms with Crippen molar-refractivity contribution in [2.75, 3.05) is 19.6 Å². The Morgan fingerprint density at radius 1 is 1.17 bits per heavy atom. The average Bonchev–Trinajstić information content (AvgIpc) is 3.12. The van der Waals surface area contributed by atoms with Gasteiger partial charge in [-0.15, -0.1) is 0 Å². The number of aryl methyl sites for hydroxylation is 1. The number of pyridine rings is 2. The van der Waals surface area contributed by atoms with Crippen molar-refractivity contribution in [1.82, 2.24) is 14.0 Å². The van der Waals surface area contributed by atoms with E-state index in [1.807, 2.05) is 37.8 Å². The van der Waals surface area contributed by atoms with Crippen LogP contribution in [0.25, 0.3) is 0 Å². The molecule has 1 aliphatic heterocycles. The minimum absolute atomic E-state index is 0.0243. The van der Waals surface area contributed by atoms with Crippen molar-refractivity contribution in [3.05, 3.63) is 68.2 Å². The second-order valence-corrected chi connectivity index (χ2v) is 8.60.